The SMILES string of the molecule is Cc1cc(C)n(CCNc2nc3sc4c(c3c(=O)n2C)CCCC4)n1. The highest BCUT2D eigenvalue weighted by Gasteiger charge is 2.21. The summed E-state index contributed by atoms with van der Waals surface area (Å²) in [5, 5.41) is 8.61. The minimum atomic E-state index is 0.0676. The predicted molar refractivity (Wildman–Crippen MR) is 102 cm³/mol. The van der Waals surface area contributed by atoms with Gasteiger partial charge in [-0.1, -0.05) is 0 Å². The van der Waals surface area contributed by atoms with E-state index in [2.05, 4.69) is 23.4 Å². The Bertz CT molecular complexity index is 997. The fourth-order valence-corrected chi connectivity index (χ4v) is 4.87. The van der Waals surface area contributed by atoms with Crippen molar-refractivity contribution in [1.82, 2.24) is 19.3 Å². The number of fused-ring (bicyclic) bond motifs is 3. The zero-order valence-electron chi connectivity index (χ0n) is 14.9. The summed E-state index contributed by atoms with van der Waals surface area (Å²) >= 11 is 1.69. The van der Waals surface area contributed by atoms with E-state index in [-0.39, 0.29) is 5.56 Å². The predicted octanol–water partition coefficient (Wildman–Crippen LogP) is 2.80. The second-order valence-electron chi connectivity index (χ2n) is 6.77. The summed E-state index contributed by atoms with van der Waals surface area (Å²) in [4.78, 5) is 19.8. The van der Waals surface area contributed by atoms with Crippen LogP contribution in [-0.2, 0) is 26.4 Å². The van der Waals surface area contributed by atoms with Crippen LogP contribution in [0.3, 0.4) is 0 Å². The van der Waals surface area contributed by atoms with E-state index in [0.29, 0.717) is 12.5 Å². The van der Waals surface area contributed by atoms with Crippen LogP contribution in [0.1, 0.15) is 34.7 Å². The molecule has 0 radical (unpaired) electrons. The van der Waals surface area contributed by atoms with Crippen molar-refractivity contribution < 1.29 is 0 Å². The van der Waals surface area contributed by atoms with Crippen LogP contribution < -0.4 is 10.9 Å². The average Bonchev–Trinajstić information content (AvgIpc) is 3.11. The van der Waals surface area contributed by atoms with Gasteiger partial charge in [-0.05, 0) is 51.2 Å². The lowest BCUT2D eigenvalue weighted by atomic mass is 9.97. The largest absolute Gasteiger partial charge is 0.354 e. The second kappa shape index (κ2) is 6.29. The van der Waals surface area contributed by atoms with Crippen LogP contribution >= 0.6 is 11.3 Å². The van der Waals surface area contributed by atoms with Crippen LogP contribution in [0.15, 0.2) is 10.9 Å². The van der Waals surface area contributed by atoms with Crippen LogP contribution in [0.5, 0.6) is 0 Å². The number of nitrogens with zero attached hydrogens (tertiary/aromatic N) is 4. The summed E-state index contributed by atoms with van der Waals surface area (Å²) in [7, 11) is 1.80. The molecule has 7 heteroatoms. The fourth-order valence-electron chi connectivity index (χ4n) is 3.62. The van der Waals surface area contributed by atoms with Gasteiger partial charge in [-0.2, -0.15) is 5.10 Å². The molecule has 4 rings (SSSR count). The van der Waals surface area contributed by atoms with Gasteiger partial charge in [0.1, 0.15) is 4.83 Å². The molecule has 1 aliphatic rings. The molecule has 132 valence electrons. The molecule has 3 aromatic rings. The van der Waals surface area contributed by atoms with Crippen LogP contribution in [0, 0.1) is 13.8 Å². The van der Waals surface area contributed by atoms with Gasteiger partial charge < -0.3 is 5.32 Å². The number of rotatable bonds is 4. The van der Waals surface area contributed by atoms with E-state index in [1.807, 2.05) is 11.6 Å². The van der Waals surface area contributed by atoms with Crippen LogP contribution in [0.25, 0.3) is 10.2 Å². The molecule has 3 heterocycles. The number of nitrogens with one attached hydrogen (secondary N) is 1. The first-order chi connectivity index (χ1) is 12.0. The molecule has 1 N–H and O–H groups in total. The molecule has 0 fully saturated rings. The Morgan fingerprint density at radius 2 is 2.08 bits per heavy atom. The van der Waals surface area contributed by atoms with E-state index in [0.717, 1.165) is 41.0 Å². The molecule has 0 aromatic carbocycles. The van der Waals surface area contributed by atoms with Crippen LogP contribution in [0.4, 0.5) is 5.95 Å². The molecule has 0 saturated carbocycles. The highest BCUT2D eigenvalue weighted by Crippen LogP contribution is 2.34. The van der Waals surface area contributed by atoms with Crippen molar-refractivity contribution in [2.24, 2.45) is 7.05 Å². The monoisotopic (exact) mass is 357 g/mol. The zero-order chi connectivity index (χ0) is 17.6. The van der Waals surface area contributed by atoms with Gasteiger partial charge in [0, 0.05) is 24.2 Å². The molecule has 0 bridgehead atoms. The first-order valence-electron chi connectivity index (χ1n) is 8.81. The van der Waals surface area contributed by atoms with E-state index >= 15 is 0 Å². The number of thiophene rings is 1. The standard InChI is InChI=1S/C18H23N5OS/c1-11-10-12(2)23(21-11)9-8-19-18-20-16-15(17(24)22(18)3)13-6-4-5-7-14(13)25-16/h10H,4-9H2,1-3H3,(H,19,20). The van der Waals surface area contributed by atoms with Gasteiger partial charge >= 0.3 is 0 Å². The third-order valence-electron chi connectivity index (χ3n) is 4.91. The smallest absolute Gasteiger partial charge is 0.263 e. The van der Waals surface area contributed by atoms with Crippen molar-refractivity contribution in [3.8, 4) is 0 Å². The van der Waals surface area contributed by atoms with Crippen LogP contribution in [-0.4, -0.2) is 25.9 Å². The van der Waals surface area contributed by atoms with Gasteiger partial charge in [-0.25, -0.2) is 4.98 Å². The number of aromatic nitrogens is 4. The van der Waals surface area contributed by atoms with Crippen molar-refractivity contribution >= 4 is 27.5 Å². The summed E-state index contributed by atoms with van der Waals surface area (Å²) in [6, 6.07) is 2.07. The molecule has 0 aliphatic heterocycles. The highest BCUT2D eigenvalue weighted by atomic mass is 32.1. The molecule has 0 unspecified atom stereocenters. The Morgan fingerprint density at radius 1 is 1.28 bits per heavy atom. The van der Waals surface area contributed by atoms with E-state index < -0.39 is 0 Å². The summed E-state index contributed by atoms with van der Waals surface area (Å²) in [5.74, 6) is 0.637. The van der Waals surface area contributed by atoms with E-state index in [1.165, 1.54) is 23.3 Å². The maximum Gasteiger partial charge on any atom is 0.263 e. The maximum atomic E-state index is 12.8. The fraction of sp³-hybridized carbons (Fsp3) is 0.500. The minimum absolute atomic E-state index is 0.0676. The molecule has 0 atom stereocenters. The third-order valence-corrected chi connectivity index (χ3v) is 6.09. The highest BCUT2D eigenvalue weighted by molar-refractivity contribution is 7.18. The van der Waals surface area contributed by atoms with Crippen molar-refractivity contribution in [1.29, 1.82) is 0 Å². The maximum absolute atomic E-state index is 12.8. The quantitative estimate of drug-likeness (QED) is 0.780. The average molecular weight is 357 g/mol. The van der Waals surface area contributed by atoms with Gasteiger partial charge in [0.25, 0.3) is 5.56 Å². The lowest BCUT2D eigenvalue weighted by molar-refractivity contribution is 0.611. The molecule has 25 heavy (non-hydrogen) atoms. The van der Waals surface area contributed by atoms with Crippen molar-refractivity contribution in [2.45, 2.75) is 46.1 Å². The van der Waals surface area contributed by atoms with Gasteiger partial charge in [0.15, 0.2) is 0 Å². The molecule has 1 aliphatic carbocycles. The van der Waals surface area contributed by atoms with Gasteiger partial charge in [-0.15, -0.1) is 11.3 Å². The van der Waals surface area contributed by atoms with Crippen molar-refractivity contribution in [3.05, 3.63) is 38.2 Å². The van der Waals surface area contributed by atoms with E-state index in [1.54, 1.807) is 23.0 Å². The minimum Gasteiger partial charge on any atom is -0.354 e. The van der Waals surface area contributed by atoms with E-state index in [4.69, 9.17) is 4.98 Å². The Hall–Kier alpha value is -2.15. The topological polar surface area (TPSA) is 64.7 Å². The number of hydrogen-bond donors (Lipinski definition) is 1. The Labute approximate surface area is 150 Å². The Morgan fingerprint density at radius 3 is 2.84 bits per heavy atom. The molecule has 0 spiro atoms. The summed E-state index contributed by atoms with van der Waals surface area (Å²) in [6.07, 6.45) is 4.48. The van der Waals surface area contributed by atoms with Crippen LogP contribution in [0.2, 0.25) is 0 Å². The van der Waals surface area contributed by atoms with Crippen molar-refractivity contribution in [3.63, 3.8) is 0 Å². The number of anilines is 1. The lowest BCUT2D eigenvalue weighted by Gasteiger charge is -2.12. The Balaban J connectivity index is 1.60. The molecule has 6 nitrogen and oxygen atoms in total. The number of hydrogen-bond acceptors (Lipinski definition) is 5. The van der Waals surface area contributed by atoms with Crippen molar-refractivity contribution in [2.75, 3.05) is 11.9 Å². The summed E-state index contributed by atoms with van der Waals surface area (Å²) in [5.41, 5.74) is 3.47. The molecule has 0 amide bonds. The molecule has 3 aromatic heterocycles. The second-order valence-corrected chi connectivity index (χ2v) is 7.85. The van der Waals surface area contributed by atoms with E-state index in [9.17, 15) is 4.79 Å². The van der Waals surface area contributed by atoms with Gasteiger partial charge in [0.05, 0.1) is 17.6 Å². The summed E-state index contributed by atoms with van der Waals surface area (Å²) < 4.78 is 3.62. The molecular formula is C18H23N5OS. The molecule has 0 saturated heterocycles. The first kappa shape index (κ1) is 16.3. The normalized spacial score (nSPS) is 14.0. The third kappa shape index (κ3) is 2.86. The van der Waals surface area contributed by atoms with Gasteiger partial charge in [0.2, 0.25) is 5.95 Å². The zero-order valence-corrected chi connectivity index (χ0v) is 15.7. The lowest BCUT2D eigenvalue weighted by Crippen LogP contribution is -2.24. The van der Waals surface area contributed by atoms with Gasteiger partial charge in [-0.3, -0.25) is 14.0 Å². The summed E-state index contributed by atoms with van der Waals surface area (Å²) in [6.45, 7) is 5.47. The number of aryl methyl sites for hydroxylation is 4. The molecular weight excluding hydrogens is 334 g/mol. The Kier molecular flexibility index (Phi) is 4.11. The first-order valence-corrected chi connectivity index (χ1v) is 9.62.